The molecule has 4 heteroatoms. The highest BCUT2D eigenvalue weighted by Crippen LogP contribution is 2.32. The van der Waals surface area contributed by atoms with Crippen LogP contribution < -0.4 is 10.2 Å². The fraction of sp³-hybridized carbons (Fsp3) is 0.571. The van der Waals surface area contributed by atoms with E-state index in [1.54, 1.807) is 0 Å². The number of anilines is 1. The number of nitrogens with zero attached hydrogens (tertiary/aromatic N) is 1. The molecule has 0 aromatic heterocycles. The Morgan fingerprint density at radius 2 is 2.06 bits per heavy atom. The maximum absolute atomic E-state index is 9.43. The van der Waals surface area contributed by atoms with Gasteiger partial charge in [-0.3, -0.25) is 0 Å². The van der Waals surface area contributed by atoms with E-state index in [-0.39, 0.29) is 12.1 Å². The van der Waals surface area contributed by atoms with Crippen LogP contribution in [0.1, 0.15) is 32.4 Å². The molecule has 0 fully saturated rings. The molecule has 0 heterocycles. The first-order valence-corrected chi connectivity index (χ1v) is 6.94. The van der Waals surface area contributed by atoms with Crippen LogP contribution in [0.3, 0.4) is 0 Å². The predicted octanol–water partition coefficient (Wildman–Crippen LogP) is 2.94. The van der Waals surface area contributed by atoms with Gasteiger partial charge in [-0.05, 0) is 61.4 Å². The number of aliphatic hydroxyl groups is 1. The summed E-state index contributed by atoms with van der Waals surface area (Å²) in [4.78, 5) is 2.09. The van der Waals surface area contributed by atoms with Crippen LogP contribution in [0.2, 0.25) is 0 Å². The topological polar surface area (TPSA) is 35.5 Å². The third-order valence-corrected chi connectivity index (χ3v) is 4.20. The molecule has 1 unspecified atom stereocenters. The van der Waals surface area contributed by atoms with E-state index in [1.165, 1.54) is 5.56 Å². The lowest BCUT2D eigenvalue weighted by Crippen LogP contribution is -2.44. The van der Waals surface area contributed by atoms with Crippen molar-refractivity contribution in [2.24, 2.45) is 0 Å². The van der Waals surface area contributed by atoms with Gasteiger partial charge in [0.25, 0.3) is 0 Å². The zero-order chi connectivity index (χ0) is 13.9. The quantitative estimate of drug-likeness (QED) is 0.877. The smallest absolute Gasteiger partial charge is 0.0658 e. The van der Waals surface area contributed by atoms with E-state index in [0.717, 1.165) is 10.2 Å². The Morgan fingerprint density at radius 1 is 1.44 bits per heavy atom. The van der Waals surface area contributed by atoms with Crippen LogP contribution in [0.4, 0.5) is 5.69 Å². The maximum atomic E-state index is 9.43. The lowest BCUT2D eigenvalue weighted by molar-refractivity contribution is 0.216. The van der Waals surface area contributed by atoms with Crippen molar-refractivity contribution in [2.45, 2.75) is 32.4 Å². The van der Waals surface area contributed by atoms with Crippen molar-refractivity contribution in [3.8, 4) is 0 Å². The monoisotopic (exact) mass is 314 g/mol. The van der Waals surface area contributed by atoms with Crippen molar-refractivity contribution < 1.29 is 5.11 Å². The molecule has 3 nitrogen and oxygen atoms in total. The van der Waals surface area contributed by atoms with Gasteiger partial charge in [-0.25, -0.2) is 0 Å². The fourth-order valence-electron chi connectivity index (χ4n) is 1.66. The van der Waals surface area contributed by atoms with Crippen LogP contribution in [0, 0.1) is 0 Å². The van der Waals surface area contributed by atoms with Crippen LogP contribution in [-0.2, 0) is 0 Å². The Labute approximate surface area is 118 Å². The van der Waals surface area contributed by atoms with Crippen LogP contribution in [-0.4, -0.2) is 31.3 Å². The summed E-state index contributed by atoms with van der Waals surface area (Å²) in [5.74, 6) is 0. The summed E-state index contributed by atoms with van der Waals surface area (Å²) >= 11 is 3.62. The standard InChI is InChI=1S/C14H23BrN2O/c1-10(16-4)11-6-7-13(12(15)8-11)17(5)14(2,3)9-18/h6-8,10,16,18H,9H2,1-5H3. The number of hydrogen-bond acceptors (Lipinski definition) is 3. The molecule has 0 bridgehead atoms. The van der Waals surface area contributed by atoms with Gasteiger partial charge in [0.15, 0.2) is 0 Å². The molecular formula is C14H23BrN2O. The number of nitrogens with one attached hydrogen (secondary N) is 1. The molecule has 18 heavy (non-hydrogen) atoms. The molecule has 0 aliphatic heterocycles. The Balaban J connectivity index is 3.06. The summed E-state index contributed by atoms with van der Waals surface area (Å²) in [6.07, 6.45) is 0. The van der Waals surface area contributed by atoms with Crippen LogP contribution in [0.5, 0.6) is 0 Å². The van der Waals surface area contributed by atoms with E-state index in [1.807, 2.05) is 27.9 Å². The van der Waals surface area contributed by atoms with Crippen molar-refractivity contribution in [3.63, 3.8) is 0 Å². The number of likely N-dealkylation sites (N-methyl/N-ethyl adjacent to an activating group) is 1. The normalized spacial score (nSPS) is 13.5. The summed E-state index contributed by atoms with van der Waals surface area (Å²) in [6.45, 7) is 6.28. The van der Waals surface area contributed by atoms with Gasteiger partial charge in [0.1, 0.15) is 0 Å². The summed E-state index contributed by atoms with van der Waals surface area (Å²) in [5, 5.41) is 12.7. The van der Waals surface area contributed by atoms with Crippen LogP contribution in [0.25, 0.3) is 0 Å². The molecule has 2 N–H and O–H groups in total. The van der Waals surface area contributed by atoms with Crippen molar-refractivity contribution >= 4 is 21.6 Å². The minimum Gasteiger partial charge on any atom is -0.394 e. The van der Waals surface area contributed by atoms with E-state index < -0.39 is 0 Å². The summed E-state index contributed by atoms with van der Waals surface area (Å²) in [6, 6.07) is 6.66. The SMILES string of the molecule is CNC(C)c1ccc(N(C)C(C)(C)CO)c(Br)c1. The summed E-state index contributed by atoms with van der Waals surface area (Å²) < 4.78 is 1.05. The average molecular weight is 315 g/mol. The van der Waals surface area contributed by atoms with Gasteiger partial charge in [-0.2, -0.15) is 0 Å². The number of aliphatic hydroxyl groups excluding tert-OH is 1. The second kappa shape index (κ2) is 6.04. The molecule has 102 valence electrons. The second-order valence-corrected chi connectivity index (χ2v) is 6.11. The Kier molecular flexibility index (Phi) is 5.20. The van der Waals surface area contributed by atoms with Crippen LogP contribution in [0.15, 0.2) is 22.7 Å². The maximum Gasteiger partial charge on any atom is 0.0658 e. The average Bonchev–Trinajstić information content (AvgIpc) is 2.36. The molecule has 1 rings (SSSR count). The molecule has 0 radical (unpaired) electrons. The van der Waals surface area contributed by atoms with E-state index in [2.05, 4.69) is 51.3 Å². The minimum atomic E-state index is -0.279. The highest BCUT2D eigenvalue weighted by molar-refractivity contribution is 9.10. The Hall–Kier alpha value is -0.580. The molecule has 0 aliphatic rings. The van der Waals surface area contributed by atoms with Gasteiger partial charge in [-0.1, -0.05) is 6.07 Å². The molecule has 0 aliphatic carbocycles. The fourth-order valence-corrected chi connectivity index (χ4v) is 2.33. The van der Waals surface area contributed by atoms with E-state index >= 15 is 0 Å². The first kappa shape index (κ1) is 15.5. The van der Waals surface area contributed by atoms with Crippen molar-refractivity contribution in [1.29, 1.82) is 0 Å². The third-order valence-electron chi connectivity index (χ3n) is 3.56. The van der Waals surface area contributed by atoms with Gasteiger partial charge in [0.2, 0.25) is 0 Å². The molecule has 1 aromatic carbocycles. The lowest BCUT2D eigenvalue weighted by Gasteiger charge is -2.36. The van der Waals surface area contributed by atoms with Gasteiger partial charge in [0.05, 0.1) is 17.8 Å². The van der Waals surface area contributed by atoms with Gasteiger partial charge < -0.3 is 15.3 Å². The molecule has 1 atom stereocenters. The Bertz CT molecular complexity index is 407. The lowest BCUT2D eigenvalue weighted by atomic mass is 10.0. The van der Waals surface area contributed by atoms with Crippen molar-refractivity contribution in [2.75, 3.05) is 25.6 Å². The highest BCUT2D eigenvalue weighted by Gasteiger charge is 2.24. The molecule has 0 saturated carbocycles. The summed E-state index contributed by atoms with van der Waals surface area (Å²) in [7, 11) is 3.95. The molecular weight excluding hydrogens is 292 g/mol. The summed E-state index contributed by atoms with van der Waals surface area (Å²) in [5.41, 5.74) is 2.04. The van der Waals surface area contributed by atoms with Crippen LogP contribution >= 0.6 is 15.9 Å². The van der Waals surface area contributed by atoms with Crippen molar-refractivity contribution in [1.82, 2.24) is 5.32 Å². The zero-order valence-corrected chi connectivity index (χ0v) is 13.4. The zero-order valence-electron chi connectivity index (χ0n) is 11.8. The predicted molar refractivity (Wildman–Crippen MR) is 81.2 cm³/mol. The third kappa shape index (κ3) is 3.25. The highest BCUT2D eigenvalue weighted by atomic mass is 79.9. The number of hydrogen-bond donors (Lipinski definition) is 2. The van der Waals surface area contributed by atoms with Gasteiger partial charge >= 0.3 is 0 Å². The first-order chi connectivity index (χ1) is 8.33. The number of rotatable bonds is 5. The Morgan fingerprint density at radius 3 is 2.50 bits per heavy atom. The van der Waals surface area contributed by atoms with Gasteiger partial charge in [0, 0.05) is 17.6 Å². The molecule has 1 aromatic rings. The van der Waals surface area contributed by atoms with E-state index in [0.29, 0.717) is 6.04 Å². The second-order valence-electron chi connectivity index (χ2n) is 5.25. The van der Waals surface area contributed by atoms with Gasteiger partial charge in [-0.15, -0.1) is 0 Å². The first-order valence-electron chi connectivity index (χ1n) is 6.15. The molecule has 0 amide bonds. The largest absolute Gasteiger partial charge is 0.394 e. The number of benzene rings is 1. The van der Waals surface area contributed by atoms with E-state index in [9.17, 15) is 5.11 Å². The minimum absolute atomic E-state index is 0.116. The van der Waals surface area contributed by atoms with E-state index in [4.69, 9.17) is 0 Å². The van der Waals surface area contributed by atoms with Crippen molar-refractivity contribution in [3.05, 3.63) is 28.2 Å². The number of halogens is 1. The molecule has 0 saturated heterocycles. The molecule has 0 spiro atoms.